The molecule has 2 aliphatic rings. The first-order valence-corrected chi connectivity index (χ1v) is 10.5. The Bertz CT molecular complexity index is 1260. The number of carbonyl (C=O) groups excluding carboxylic acids is 2. The highest BCUT2D eigenvalue weighted by Gasteiger charge is 2.47. The third-order valence-electron chi connectivity index (χ3n) is 5.86. The smallest absolute Gasteiger partial charge is 0.300 e. The van der Waals surface area contributed by atoms with Crippen LogP contribution >= 0.6 is 0 Å². The van der Waals surface area contributed by atoms with Gasteiger partial charge in [0.15, 0.2) is 0 Å². The van der Waals surface area contributed by atoms with Crippen LogP contribution in [-0.4, -0.2) is 28.4 Å². The van der Waals surface area contributed by atoms with Gasteiger partial charge in [0.2, 0.25) is 0 Å². The van der Waals surface area contributed by atoms with Crippen molar-refractivity contribution in [3.63, 3.8) is 0 Å². The molecule has 0 aliphatic carbocycles. The second kappa shape index (κ2) is 7.64. The predicted molar refractivity (Wildman–Crippen MR) is 121 cm³/mol. The standard InChI is InChI=1S/C26H22N2O4/c1-15-11-16(2)13-19(12-15)28-23(20-5-3-4-9-27-20)22(25(30)26(28)31)24(29)18-6-7-21-17(14-18)8-10-32-21/h3-7,9,11-14,23,29H,8,10H2,1-2H3/b24-22-. The molecule has 32 heavy (non-hydrogen) atoms. The van der Waals surface area contributed by atoms with Gasteiger partial charge in [-0.15, -0.1) is 0 Å². The number of fused-ring (bicyclic) bond motifs is 1. The number of aromatic nitrogens is 1. The quantitative estimate of drug-likeness (QED) is 0.385. The van der Waals surface area contributed by atoms with Gasteiger partial charge >= 0.3 is 0 Å². The molecule has 2 aromatic carbocycles. The normalized spacial score (nSPS) is 19.2. The Kier molecular flexibility index (Phi) is 4.78. The fourth-order valence-corrected chi connectivity index (χ4v) is 4.50. The van der Waals surface area contributed by atoms with E-state index in [0.29, 0.717) is 23.6 Å². The van der Waals surface area contributed by atoms with Crippen molar-refractivity contribution >= 4 is 23.1 Å². The van der Waals surface area contributed by atoms with E-state index in [1.54, 1.807) is 36.5 Å². The summed E-state index contributed by atoms with van der Waals surface area (Å²) in [5, 5.41) is 11.3. The molecular weight excluding hydrogens is 404 g/mol. The van der Waals surface area contributed by atoms with Gasteiger partial charge in [-0.05, 0) is 73.0 Å². The monoisotopic (exact) mass is 426 g/mol. The molecule has 6 heteroatoms. The van der Waals surface area contributed by atoms with Gasteiger partial charge in [-0.3, -0.25) is 19.5 Å². The van der Waals surface area contributed by atoms with E-state index in [4.69, 9.17) is 4.74 Å². The third-order valence-corrected chi connectivity index (χ3v) is 5.86. The molecule has 0 spiro atoms. The molecule has 1 N–H and O–H groups in total. The highest BCUT2D eigenvalue weighted by Crippen LogP contribution is 2.42. The second-order valence-electron chi connectivity index (χ2n) is 8.19. The molecule has 0 bridgehead atoms. The summed E-state index contributed by atoms with van der Waals surface area (Å²) in [6.45, 7) is 4.47. The zero-order chi connectivity index (χ0) is 22.4. The number of benzene rings is 2. The van der Waals surface area contributed by atoms with Crippen molar-refractivity contribution < 1.29 is 19.4 Å². The maximum Gasteiger partial charge on any atom is 0.300 e. The predicted octanol–water partition coefficient (Wildman–Crippen LogP) is 4.26. The van der Waals surface area contributed by atoms with Crippen molar-refractivity contribution in [2.75, 3.05) is 11.5 Å². The molecule has 1 fully saturated rings. The van der Waals surface area contributed by atoms with Crippen molar-refractivity contribution in [3.8, 4) is 5.75 Å². The fourth-order valence-electron chi connectivity index (χ4n) is 4.50. The van der Waals surface area contributed by atoms with Gasteiger partial charge in [-0.2, -0.15) is 0 Å². The highest BCUT2D eigenvalue weighted by molar-refractivity contribution is 6.51. The number of pyridine rings is 1. The van der Waals surface area contributed by atoms with E-state index in [1.807, 2.05) is 38.1 Å². The number of Topliss-reactive ketones (excluding diaryl/α,β-unsaturated/α-hetero) is 1. The van der Waals surface area contributed by atoms with Crippen LogP contribution in [0.2, 0.25) is 0 Å². The number of ether oxygens (including phenoxy) is 1. The maximum absolute atomic E-state index is 13.2. The van der Waals surface area contributed by atoms with Crippen LogP contribution < -0.4 is 9.64 Å². The summed E-state index contributed by atoms with van der Waals surface area (Å²) >= 11 is 0. The van der Waals surface area contributed by atoms with Gasteiger partial charge in [-0.1, -0.05) is 12.1 Å². The van der Waals surface area contributed by atoms with Crippen molar-refractivity contribution in [1.29, 1.82) is 0 Å². The van der Waals surface area contributed by atoms with Gasteiger partial charge in [-0.25, -0.2) is 0 Å². The summed E-state index contributed by atoms with van der Waals surface area (Å²) < 4.78 is 5.55. The SMILES string of the molecule is Cc1cc(C)cc(N2C(=O)C(=O)/C(=C(\O)c3ccc4c(c3)CCO4)C2c2ccccn2)c1. The lowest BCUT2D eigenvalue weighted by Gasteiger charge is -2.25. The molecule has 3 heterocycles. The van der Waals surface area contributed by atoms with Crippen LogP contribution in [0.15, 0.2) is 66.4 Å². The minimum Gasteiger partial charge on any atom is -0.507 e. The zero-order valence-corrected chi connectivity index (χ0v) is 17.8. The summed E-state index contributed by atoms with van der Waals surface area (Å²) in [4.78, 5) is 32.3. The van der Waals surface area contributed by atoms with E-state index in [2.05, 4.69) is 4.98 Å². The van der Waals surface area contributed by atoms with E-state index >= 15 is 0 Å². The van der Waals surface area contributed by atoms with Gasteiger partial charge in [0.25, 0.3) is 11.7 Å². The average Bonchev–Trinajstić information content (AvgIpc) is 3.35. The topological polar surface area (TPSA) is 79.7 Å². The number of aryl methyl sites for hydroxylation is 2. The number of carbonyl (C=O) groups is 2. The average molecular weight is 426 g/mol. The molecule has 1 aromatic heterocycles. The van der Waals surface area contributed by atoms with Crippen LogP contribution in [0.25, 0.3) is 5.76 Å². The summed E-state index contributed by atoms with van der Waals surface area (Å²) in [5.41, 5.74) is 4.53. The van der Waals surface area contributed by atoms with E-state index in [-0.39, 0.29) is 11.3 Å². The van der Waals surface area contributed by atoms with E-state index < -0.39 is 17.7 Å². The molecule has 160 valence electrons. The Labute approximate surface area is 185 Å². The zero-order valence-electron chi connectivity index (χ0n) is 17.8. The lowest BCUT2D eigenvalue weighted by molar-refractivity contribution is -0.132. The molecule has 0 saturated carbocycles. The Hall–Kier alpha value is -3.93. The number of hydrogen-bond donors (Lipinski definition) is 1. The molecule has 3 aromatic rings. The summed E-state index contributed by atoms with van der Waals surface area (Å²) in [7, 11) is 0. The highest BCUT2D eigenvalue weighted by atomic mass is 16.5. The van der Waals surface area contributed by atoms with Gasteiger partial charge in [0, 0.05) is 23.9 Å². The van der Waals surface area contributed by atoms with Gasteiger partial charge in [0.05, 0.1) is 17.9 Å². The molecule has 0 radical (unpaired) electrons. The van der Waals surface area contributed by atoms with E-state index in [1.165, 1.54) is 4.90 Å². The first-order valence-electron chi connectivity index (χ1n) is 10.5. The lowest BCUT2D eigenvalue weighted by Crippen LogP contribution is -2.30. The van der Waals surface area contributed by atoms with Crippen molar-refractivity contribution in [3.05, 3.63) is 94.3 Å². The number of hydrogen-bond acceptors (Lipinski definition) is 5. The summed E-state index contributed by atoms with van der Waals surface area (Å²) in [6, 6.07) is 15.5. The first kappa shape index (κ1) is 20.0. The molecule has 1 atom stereocenters. The Morgan fingerprint density at radius 3 is 2.56 bits per heavy atom. The maximum atomic E-state index is 13.2. The van der Waals surface area contributed by atoms with Crippen LogP contribution in [0.3, 0.4) is 0 Å². The van der Waals surface area contributed by atoms with E-state index in [0.717, 1.165) is 28.9 Å². The van der Waals surface area contributed by atoms with Crippen LogP contribution in [0.1, 0.15) is 34.0 Å². The minimum absolute atomic E-state index is 0.0340. The number of aliphatic hydroxyl groups is 1. The fraction of sp³-hybridized carbons (Fsp3) is 0.192. The van der Waals surface area contributed by atoms with Crippen molar-refractivity contribution in [2.45, 2.75) is 26.3 Å². The number of anilines is 1. The lowest BCUT2D eigenvalue weighted by atomic mass is 9.97. The van der Waals surface area contributed by atoms with E-state index in [9.17, 15) is 14.7 Å². The molecule has 1 amide bonds. The summed E-state index contributed by atoms with van der Waals surface area (Å²) in [5.74, 6) is -0.843. The minimum atomic E-state index is -0.832. The Morgan fingerprint density at radius 2 is 1.84 bits per heavy atom. The molecule has 1 saturated heterocycles. The number of amides is 1. The van der Waals surface area contributed by atoms with Gasteiger partial charge in [0.1, 0.15) is 17.6 Å². The first-order chi connectivity index (χ1) is 15.4. The molecule has 2 aliphatic heterocycles. The molecular formula is C26H22N2O4. The summed E-state index contributed by atoms with van der Waals surface area (Å²) in [6.07, 6.45) is 2.35. The number of rotatable bonds is 3. The molecule has 1 unspecified atom stereocenters. The molecule has 5 rings (SSSR count). The van der Waals surface area contributed by atoms with Crippen LogP contribution in [0.4, 0.5) is 5.69 Å². The number of nitrogens with zero attached hydrogens (tertiary/aromatic N) is 2. The Morgan fingerprint density at radius 1 is 1.06 bits per heavy atom. The second-order valence-corrected chi connectivity index (χ2v) is 8.19. The van der Waals surface area contributed by atoms with Crippen LogP contribution in [0.5, 0.6) is 5.75 Å². The number of aliphatic hydroxyl groups excluding tert-OH is 1. The van der Waals surface area contributed by atoms with Crippen LogP contribution in [0, 0.1) is 13.8 Å². The number of ketones is 1. The largest absolute Gasteiger partial charge is 0.507 e. The van der Waals surface area contributed by atoms with Crippen LogP contribution in [-0.2, 0) is 16.0 Å². The van der Waals surface area contributed by atoms with Gasteiger partial charge < -0.3 is 9.84 Å². The van der Waals surface area contributed by atoms with Crippen molar-refractivity contribution in [1.82, 2.24) is 4.98 Å². The third kappa shape index (κ3) is 3.24. The Balaban J connectivity index is 1.71. The molecule has 6 nitrogen and oxygen atoms in total. The van der Waals surface area contributed by atoms with Crippen molar-refractivity contribution in [2.24, 2.45) is 0 Å².